The Hall–Kier alpha value is -2.08. The van der Waals surface area contributed by atoms with Gasteiger partial charge in [0.2, 0.25) is 0 Å². The van der Waals surface area contributed by atoms with Crippen LogP contribution in [0.3, 0.4) is 0 Å². The molecule has 0 aliphatic carbocycles. The normalized spacial score (nSPS) is 15.6. The molecule has 1 saturated heterocycles. The minimum atomic E-state index is -1.91. The van der Waals surface area contributed by atoms with E-state index in [9.17, 15) is 0 Å². The summed E-state index contributed by atoms with van der Waals surface area (Å²) in [7, 11) is -1.91. The molecule has 0 atom stereocenters. The summed E-state index contributed by atoms with van der Waals surface area (Å²) in [5.41, 5.74) is 0. The minimum Gasteiger partial charge on any atom is -1.00 e. The van der Waals surface area contributed by atoms with Crippen molar-refractivity contribution in [1.29, 1.82) is 0 Å². The molecule has 0 unspecified atom stereocenters. The van der Waals surface area contributed by atoms with E-state index in [2.05, 4.69) is 96.8 Å². The van der Waals surface area contributed by atoms with E-state index in [1.165, 1.54) is 22.3 Å². The molecular weight excluding hydrogens is 371 g/mol. The second kappa shape index (κ2) is 9.22. The molecule has 0 aromatic heterocycles. The van der Waals surface area contributed by atoms with Gasteiger partial charge in [-0.3, -0.25) is 0 Å². The van der Waals surface area contributed by atoms with Gasteiger partial charge in [-0.2, -0.15) is 0 Å². The smallest absolute Gasteiger partial charge is 0.140 e. The van der Waals surface area contributed by atoms with Crippen molar-refractivity contribution in [2.75, 3.05) is 6.61 Å². The van der Waals surface area contributed by atoms with Crippen LogP contribution < -0.4 is 28.3 Å². The van der Waals surface area contributed by atoms with E-state index in [-0.39, 0.29) is 12.4 Å². The molecular formula is C24H24ClOP. The zero-order valence-electron chi connectivity index (χ0n) is 15.3. The maximum Gasteiger partial charge on any atom is 0.140 e. The van der Waals surface area contributed by atoms with E-state index in [0.29, 0.717) is 0 Å². The van der Waals surface area contributed by atoms with Crippen LogP contribution in [0.2, 0.25) is 0 Å². The Morgan fingerprint density at radius 3 is 1.44 bits per heavy atom. The van der Waals surface area contributed by atoms with Gasteiger partial charge in [0.05, 0.1) is 6.61 Å². The van der Waals surface area contributed by atoms with Crippen molar-refractivity contribution in [3.63, 3.8) is 0 Å². The van der Waals surface area contributed by atoms with Gasteiger partial charge >= 0.3 is 0 Å². The van der Waals surface area contributed by atoms with Crippen LogP contribution in [-0.4, -0.2) is 6.61 Å². The molecule has 3 heteroatoms. The van der Waals surface area contributed by atoms with Gasteiger partial charge in [0.15, 0.2) is 0 Å². The second-order valence-corrected chi connectivity index (χ2v) is 9.88. The van der Waals surface area contributed by atoms with Gasteiger partial charge in [-0.1, -0.05) is 54.6 Å². The van der Waals surface area contributed by atoms with Crippen LogP contribution in [0.25, 0.3) is 0 Å². The van der Waals surface area contributed by atoms with Crippen LogP contribution in [0.5, 0.6) is 0 Å². The zero-order valence-corrected chi connectivity index (χ0v) is 16.9. The van der Waals surface area contributed by atoms with Gasteiger partial charge in [0.25, 0.3) is 0 Å². The minimum absolute atomic E-state index is 0. The molecule has 0 N–H and O–H groups in total. The van der Waals surface area contributed by atoms with Crippen LogP contribution >= 0.6 is 7.26 Å². The molecule has 3 aromatic carbocycles. The lowest BCUT2D eigenvalue weighted by molar-refractivity contribution is -0.00000599. The number of hydrogen-bond acceptors (Lipinski definition) is 1. The fourth-order valence-corrected chi connectivity index (χ4v) is 7.56. The molecule has 1 heterocycles. The molecule has 0 bridgehead atoms. The summed E-state index contributed by atoms with van der Waals surface area (Å²) in [4.78, 5) is 0. The Morgan fingerprint density at radius 2 is 1.07 bits per heavy atom. The lowest BCUT2D eigenvalue weighted by Gasteiger charge is -2.26. The highest BCUT2D eigenvalue weighted by molar-refractivity contribution is 7.98. The molecule has 4 rings (SSSR count). The molecule has 1 aliphatic rings. The van der Waals surface area contributed by atoms with Crippen molar-refractivity contribution < 1.29 is 17.1 Å². The topological polar surface area (TPSA) is 9.23 Å². The lowest BCUT2D eigenvalue weighted by Crippen LogP contribution is -3.00. The van der Waals surface area contributed by atoms with E-state index in [4.69, 9.17) is 4.74 Å². The van der Waals surface area contributed by atoms with Crippen molar-refractivity contribution in [2.45, 2.75) is 19.3 Å². The molecule has 1 aliphatic heterocycles. The van der Waals surface area contributed by atoms with Crippen molar-refractivity contribution in [3.8, 4) is 0 Å². The predicted octanol–water partition coefficient (Wildman–Crippen LogP) is 2.03. The standard InChI is InChI=1S/C24H24OP.ClH/c1-4-13-22(14-5-1)26(23-15-6-2-7-16-23,24-17-8-3-9-18-24)20-21-12-10-11-19-25-21;/h1-9,13-18,20H,10-12,19H2;1H/q+1;/p-1/b21-20-;. The Labute approximate surface area is 168 Å². The molecule has 1 fully saturated rings. The Balaban J connectivity index is 0.00000210. The molecule has 1 nitrogen and oxygen atoms in total. The highest BCUT2D eigenvalue weighted by atomic mass is 35.5. The number of halogens is 1. The Kier molecular flexibility index (Phi) is 6.72. The first-order valence-corrected chi connectivity index (χ1v) is 11.2. The van der Waals surface area contributed by atoms with Gasteiger partial charge in [-0.15, -0.1) is 0 Å². The average Bonchev–Trinajstić information content (AvgIpc) is 2.75. The van der Waals surface area contributed by atoms with Crippen LogP contribution in [0.15, 0.2) is 103 Å². The Bertz CT molecular complexity index is 758. The summed E-state index contributed by atoms with van der Waals surface area (Å²) in [5.74, 6) is 3.62. The predicted molar refractivity (Wildman–Crippen MR) is 113 cm³/mol. The zero-order chi connectivity index (χ0) is 17.7. The monoisotopic (exact) mass is 394 g/mol. The molecule has 27 heavy (non-hydrogen) atoms. The van der Waals surface area contributed by atoms with Gasteiger partial charge in [-0.05, 0) is 49.2 Å². The average molecular weight is 395 g/mol. The largest absolute Gasteiger partial charge is 1.00 e. The van der Waals surface area contributed by atoms with E-state index < -0.39 is 7.26 Å². The first-order valence-electron chi connectivity index (χ1n) is 9.30. The van der Waals surface area contributed by atoms with Crippen LogP contribution in [0.4, 0.5) is 0 Å². The SMILES string of the molecule is C(=C1\CCCCO1)/[P+](c1ccccc1)(c1ccccc1)c1ccccc1.[Cl-]. The van der Waals surface area contributed by atoms with E-state index in [1.807, 2.05) is 0 Å². The first kappa shape index (κ1) is 19.7. The van der Waals surface area contributed by atoms with Gasteiger partial charge in [0, 0.05) is 6.42 Å². The summed E-state index contributed by atoms with van der Waals surface area (Å²) in [5, 5.41) is 4.12. The third kappa shape index (κ3) is 4.10. The molecule has 0 saturated carbocycles. The quantitative estimate of drug-likeness (QED) is 0.615. The summed E-state index contributed by atoms with van der Waals surface area (Å²) in [6, 6.07) is 32.8. The third-order valence-electron chi connectivity index (χ3n) is 4.93. The molecule has 0 spiro atoms. The third-order valence-corrected chi connectivity index (χ3v) is 8.95. The van der Waals surface area contributed by atoms with E-state index in [1.54, 1.807) is 0 Å². The molecule has 138 valence electrons. The van der Waals surface area contributed by atoms with Crippen molar-refractivity contribution in [2.24, 2.45) is 0 Å². The number of allylic oxidation sites excluding steroid dienone is 1. The van der Waals surface area contributed by atoms with Crippen LogP contribution in [0.1, 0.15) is 19.3 Å². The van der Waals surface area contributed by atoms with Crippen LogP contribution in [0, 0.1) is 0 Å². The lowest BCUT2D eigenvalue weighted by atomic mass is 10.2. The first-order chi connectivity index (χ1) is 12.9. The number of rotatable bonds is 4. The fourth-order valence-electron chi connectivity index (χ4n) is 3.65. The summed E-state index contributed by atoms with van der Waals surface area (Å²) < 4.78 is 6.09. The molecule has 0 amide bonds. The maximum absolute atomic E-state index is 6.09. The van der Waals surface area contributed by atoms with Crippen molar-refractivity contribution in [3.05, 3.63) is 103 Å². The van der Waals surface area contributed by atoms with Gasteiger partial charge < -0.3 is 17.1 Å². The highest BCUT2D eigenvalue weighted by Crippen LogP contribution is 2.58. The van der Waals surface area contributed by atoms with E-state index >= 15 is 0 Å². The van der Waals surface area contributed by atoms with Crippen molar-refractivity contribution in [1.82, 2.24) is 0 Å². The van der Waals surface area contributed by atoms with Gasteiger partial charge in [0.1, 0.15) is 34.8 Å². The summed E-state index contributed by atoms with van der Waals surface area (Å²) >= 11 is 0. The highest BCUT2D eigenvalue weighted by Gasteiger charge is 2.44. The molecule has 0 radical (unpaired) electrons. The van der Waals surface area contributed by atoms with E-state index in [0.717, 1.165) is 25.2 Å². The number of benzene rings is 3. The Morgan fingerprint density at radius 1 is 0.630 bits per heavy atom. The maximum atomic E-state index is 6.09. The second-order valence-electron chi connectivity index (χ2n) is 6.63. The molecule has 3 aromatic rings. The number of hydrogen-bond donors (Lipinski definition) is 0. The summed E-state index contributed by atoms with van der Waals surface area (Å²) in [6.07, 6.45) is 3.41. The van der Waals surface area contributed by atoms with Crippen molar-refractivity contribution >= 4 is 23.2 Å². The fraction of sp³-hybridized carbons (Fsp3) is 0.167. The van der Waals surface area contributed by atoms with Gasteiger partial charge in [-0.25, -0.2) is 0 Å². The summed E-state index contributed by atoms with van der Waals surface area (Å²) in [6.45, 7) is 0.838. The number of ether oxygens (including phenoxy) is 1. The van der Waals surface area contributed by atoms with Crippen LogP contribution in [-0.2, 0) is 4.74 Å².